The predicted molar refractivity (Wildman–Crippen MR) is 58.8 cm³/mol. The fourth-order valence-electron chi connectivity index (χ4n) is 2.56. The molecule has 0 unspecified atom stereocenters. The van der Waals surface area contributed by atoms with Crippen molar-refractivity contribution in [3.63, 3.8) is 0 Å². The Kier molecular flexibility index (Phi) is 2.66. The maximum atomic E-state index is 11.6. The molecule has 0 amide bonds. The zero-order chi connectivity index (χ0) is 10.4. The normalized spacial score (nSPS) is 28.1. The maximum Gasteiger partial charge on any atom is 0.224 e. The number of likely N-dealkylation sites (tertiary alicyclic amines) is 1. The number of alkyl halides is 1. The van der Waals surface area contributed by atoms with E-state index in [9.17, 15) is 8.42 Å². The molecule has 2 aliphatic heterocycles. The largest absolute Gasteiger partial charge is 0.305 e. The Balaban J connectivity index is 2.02. The third-order valence-corrected chi connectivity index (χ3v) is 6.26. The minimum atomic E-state index is -3.03. The molecule has 0 aromatic carbocycles. The lowest BCUT2D eigenvalue weighted by Crippen LogP contribution is -2.55. The fourth-order valence-corrected chi connectivity index (χ4v) is 4.40. The summed E-state index contributed by atoms with van der Waals surface area (Å²) < 4.78 is 24.8. The number of hydrogen-bond donors (Lipinski definition) is 0. The third-order valence-electron chi connectivity index (χ3n) is 3.15. The Morgan fingerprint density at radius 3 is 2.50 bits per heavy atom. The molecule has 4 nitrogen and oxygen atoms in total. The van der Waals surface area contributed by atoms with Gasteiger partial charge in [-0.25, -0.2) is 12.7 Å². The molecule has 2 aliphatic rings. The van der Waals surface area contributed by atoms with Crippen LogP contribution in [0.4, 0.5) is 0 Å². The quantitative estimate of drug-likeness (QED) is 0.685. The van der Waals surface area contributed by atoms with Gasteiger partial charge in [0.15, 0.2) is 0 Å². The van der Waals surface area contributed by atoms with Crippen molar-refractivity contribution in [1.29, 1.82) is 0 Å². The highest BCUT2D eigenvalue weighted by Crippen LogP contribution is 2.39. The molecule has 2 heterocycles. The molecule has 6 heteroatoms. The summed E-state index contributed by atoms with van der Waals surface area (Å²) in [5, 5.41) is 0. The van der Waals surface area contributed by atoms with Crippen molar-refractivity contribution in [2.24, 2.45) is 5.41 Å². The number of nitrogens with zero attached hydrogens (tertiary/aromatic N) is 2. The first-order chi connectivity index (χ1) is 6.47. The van der Waals surface area contributed by atoms with Crippen LogP contribution in [0.15, 0.2) is 0 Å². The first kappa shape index (κ1) is 10.9. The third kappa shape index (κ3) is 1.73. The second-order valence-electron chi connectivity index (χ2n) is 4.48. The Labute approximate surface area is 93.4 Å². The first-order valence-electron chi connectivity index (χ1n) is 4.70. The second-order valence-corrected chi connectivity index (χ2v) is 7.75. The first-order valence-corrected chi connectivity index (χ1v) is 7.43. The molecule has 1 spiro atoms. The molecule has 0 radical (unpaired) electrons. The van der Waals surface area contributed by atoms with Crippen molar-refractivity contribution >= 4 is 26.0 Å². The van der Waals surface area contributed by atoms with Crippen LogP contribution in [0.5, 0.6) is 0 Å². The lowest BCUT2D eigenvalue weighted by molar-refractivity contribution is 0.0363. The Hall–Kier alpha value is 0.350. The van der Waals surface area contributed by atoms with Crippen molar-refractivity contribution in [1.82, 2.24) is 9.21 Å². The van der Waals surface area contributed by atoms with Crippen LogP contribution in [-0.4, -0.2) is 55.5 Å². The van der Waals surface area contributed by atoms with E-state index in [2.05, 4.69) is 27.9 Å². The van der Waals surface area contributed by atoms with Gasteiger partial charge < -0.3 is 4.90 Å². The molecule has 2 fully saturated rings. The zero-order valence-electron chi connectivity index (χ0n) is 8.24. The van der Waals surface area contributed by atoms with Crippen molar-refractivity contribution < 1.29 is 8.42 Å². The van der Waals surface area contributed by atoms with Gasteiger partial charge in [-0.05, 0) is 13.5 Å². The smallest absolute Gasteiger partial charge is 0.224 e. The minimum absolute atomic E-state index is 0.0475. The van der Waals surface area contributed by atoms with E-state index in [4.69, 9.17) is 0 Å². The standard InChI is InChI=1S/C8H15BrN2O2S/c1-10-4-8(5-10)2-3-11(6-8)14(12,13)7-9/h2-7H2,1H3. The van der Waals surface area contributed by atoms with Crippen molar-refractivity contribution in [2.45, 2.75) is 6.42 Å². The van der Waals surface area contributed by atoms with Crippen LogP contribution in [0.2, 0.25) is 0 Å². The molecule has 82 valence electrons. The molecular weight excluding hydrogens is 268 g/mol. The summed E-state index contributed by atoms with van der Waals surface area (Å²) >= 11 is 3.03. The van der Waals surface area contributed by atoms with Gasteiger partial charge in [0, 0.05) is 31.6 Å². The Morgan fingerprint density at radius 2 is 2.00 bits per heavy atom. The zero-order valence-corrected chi connectivity index (χ0v) is 10.6. The molecule has 0 bridgehead atoms. The van der Waals surface area contributed by atoms with Crippen LogP contribution in [-0.2, 0) is 10.0 Å². The topological polar surface area (TPSA) is 40.6 Å². The van der Waals surface area contributed by atoms with Crippen LogP contribution < -0.4 is 0 Å². The van der Waals surface area contributed by atoms with Crippen LogP contribution in [0.3, 0.4) is 0 Å². The van der Waals surface area contributed by atoms with Crippen LogP contribution in [0, 0.1) is 5.41 Å². The lowest BCUT2D eigenvalue weighted by atomic mass is 9.80. The average Bonchev–Trinajstić information content (AvgIpc) is 2.49. The van der Waals surface area contributed by atoms with Gasteiger partial charge in [0.25, 0.3) is 0 Å². The number of halogens is 1. The summed E-state index contributed by atoms with van der Waals surface area (Å²) in [4.78, 5) is 2.24. The van der Waals surface area contributed by atoms with Gasteiger partial charge in [0.2, 0.25) is 10.0 Å². The number of hydrogen-bond acceptors (Lipinski definition) is 3. The number of sulfonamides is 1. The van der Waals surface area contributed by atoms with Gasteiger partial charge in [0.1, 0.15) is 4.66 Å². The summed E-state index contributed by atoms with van der Waals surface area (Å²) in [6, 6.07) is 0. The van der Waals surface area contributed by atoms with E-state index in [0.717, 1.165) is 19.5 Å². The van der Waals surface area contributed by atoms with Crippen molar-refractivity contribution in [3.05, 3.63) is 0 Å². The summed E-state index contributed by atoms with van der Waals surface area (Å²) in [7, 11) is -0.955. The van der Waals surface area contributed by atoms with Gasteiger partial charge in [-0.3, -0.25) is 0 Å². The van der Waals surface area contributed by atoms with E-state index in [-0.39, 0.29) is 10.1 Å². The molecule has 0 aliphatic carbocycles. The van der Waals surface area contributed by atoms with E-state index in [1.54, 1.807) is 4.31 Å². The van der Waals surface area contributed by atoms with Gasteiger partial charge in [-0.1, -0.05) is 15.9 Å². The summed E-state index contributed by atoms with van der Waals surface area (Å²) in [6.07, 6.45) is 1.02. The Bertz CT molecular complexity index is 324. The molecular formula is C8H15BrN2O2S. The molecule has 0 aromatic heterocycles. The summed E-state index contributed by atoms with van der Waals surface area (Å²) in [6.45, 7) is 3.50. The molecule has 0 N–H and O–H groups in total. The average molecular weight is 283 g/mol. The van der Waals surface area contributed by atoms with Gasteiger partial charge in [0.05, 0.1) is 0 Å². The maximum absolute atomic E-state index is 11.6. The van der Waals surface area contributed by atoms with E-state index < -0.39 is 10.0 Å². The molecule has 2 rings (SSSR count). The Morgan fingerprint density at radius 1 is 1.36 bits per heavy atom. The van der Waals surface area contributed by atoms with Gasteiger partial charge in [-0.2, -0.15) is 0 Å². The predicted octanol–water partition coefficient (Wildman–Crippen LogP) is 0.306. The van der Waals surface area contributed by atoms with E-state index in [0.29, 0.717) is 13.1 Å². The molecule has 0 saturated carbocycles. The van der Waals surface area contributed by atoms with E-state index in [1.807, 2.05) is 0 Å². The molecule has 2 saturated heterocycles. The number of rotatable bonds is 2. The SMILES string of the molecule is CN1CC2(CCN(S(=O)(=O)CBr)C2)C1. The minimum Gasteiger partial charge on any atom is -0.305 e. The molecule has 0 aromatic rings. The van der Waals surface area contributed by atoms with Crippen LogP contribution in [0.25, 0.3) is 0 Å². The highest BCUT2D eigenvalue weighted by atomic mass is 79.9. The van der Waals surface area contributed by atoms with E-state index >= 15 is 0 Å². The lowest BCUT2D eigenvalue weighted by Gasteiger charge is -2.46. The molecule has 0 atom stereocenters. The van der Waals surface area contributed by atoms with Crippen LogP contribution in [0.1, 0.15) is 6.42 Å². The van der Waals surface area contributed by atoms with E-state index in [1.165, 1.54) is 0 Å². The summed E-state index contributed by atoms with van der Waals surface area (Å²) in [5.74, 6) is 0. The molecule has 14 heavy (non-hydrogen) atoms. The van der Waals surface area contributed by atoms with Crippen molar-refractivity contribution in [2.75, 3.05) is 37.9 Å². The van der Waals surface area contributed by atoms with Crippen LogP contribution >= 0.6 is 15.9 Å². The monoisotopic (exact) mass is 282 g/mol. The van der Waals surface area contributed by atoms with Gasteiger partial charge in [-0.15, -0.1) is 0 Å². The fraction of sp³-hybridized carbons (Fsp3) is 1.00. The summed E-state index contributed by atoms with van der Waals surface area (Å²) in [5.41, 5.74) is 0.268. The highest BCUT2D eigenvalue weighted by molar-refractivity contribution is 9.10. The van der Waals surface area contributed by atoms with Gasteiger partial charge >= 0.3 is 0 Å². The second kappa shape index (κ2) is 3.43. The highest BCUT2D eigenvalue weighted by Gasteiger charge is 2.48. The van der Waals surface area contributed by atoms with Crippen molar-refractivity contribution in [3.8, 4) is 0 Å².